The number of furan rings is 1. The van der Waals surface area contributed by atoms with Crippen molar-refractivity contribution >= 4 is 39.9 Å². The molecule has 0 bridgehead atoms. The number of benzene rings is 2. The number of amides is 2. The van der Waals surface area contributed by atoms with Crippen molar-refractivity contribution in [2.75, 3.05) is 10.6 Å². The molecule has 0 aliphatic heterocycles. The lowest BCUT2D eigenvalue weighted by Crippen LogP contribution is -2.11. The van der Waals surface area contributed by atoms with Crippen LogP contribution in [0, 0.1) is 10.1 Å². The van der Waals surface area contributed by atoms with Gasteiger partial charge in [0.25, 0.3) is 11.8 Å². The third-order valence-corrected chi connectivity index (χ3v) is 4.93. The van der Waals surface area contributed by atoms with Gasteiger partial charge in [-0.3, -0.25) is 25.0 Å². The van der Waals surface area contributed by atoms with Gasteiger partial charge in [0.1, 0.15) is 4.92 Å². The molecule has 31 heavy (non-hydrogen) atoms. The van der Waals surface area contributed by atoms with Crippen LogP contribution < -0.4 is 10.6 Å². The maximum atomic E-state index is 12.3. The van der Waals surface area contributed by atoms with Gasteiger partial charge in [-0.25, -0.2) is 4.98 Å². The van der Waals surface area contributed by atoms with Gasteiger partial charge < -0.3 is 9.73 Å². The van der Waals surface area contributed by atoms with Gasteiger partial charge in [0.15, 0.2) is 10.9 Å². The topological polar surface area (TPSA) is 127 Å². The van der Waals surface area contributed by atoms with Crippen molar-refractivity contribution in [3.05, 3.63) is 93.5 Å². The van der Waals surface area contributed by atoms with E-state index in [4.69, 9.17) is 4.42 Å². The number of hydrogen-bond donors (Lipinski definition) is 2. The molecule has 154 valence electrons. The molecule has 2 aromatic carbocycles. The predicted octanol–water partition coefficient (Wildman–Crippen LogP) is 4.82. The summed E-state index contributed by atoms with van der Waals surface area (Å²) in [7, 11) is 0. The quantitative estimate of drug-likeness (QED) is 0.331. The summed E-state index contributed by atoms with van der Waals surface area (Å²) in [6.07, 6.45) is 0. The number of thiazole rings is 1. The Bertz CT molecular complexity index is 1270. The van der Waals surface area contributed by atoms with E-state index in [1.807, 2.05) is 12.1 Å². The van der Waals surface area contributed by atoms with Crippen molar-refractivity contribution in [2.45, 2.75) is 0 Å². The molecular formula is C21H14N4O5S. The van der Waals surface area contributed by atoms with Crippen LogP contribution >= 0.6 is 11.3 Å². The van der Waals surface area contributed by atoms with Gasteiger partial charge in [0, 0.05) is 22.2 Å². The third kappa shape index (κ3) is 4.65. The maximum Gasteiger partial charge on any atom is 0.433 e. The van der Waals surface area contributed by atoms with Gasteiger partial charge in [-0.1, -0.05) is 30.3 Å². The van der Waals surface area contributed by atoms with Crippen LogP contribution in [0.3, 0.4) is 0 Å². The number of nitro groups is 1. The molecule has 0 atom stereocenters. The number of carbonyl (C=O) groups is 2. The minimum absolute atomic E-state index is 0.186. The Kier molecular flexibility index (Phi) is 5.54. The Morgan fingerprint density at radius 2 is 1.77 bits per heavy atom. The summed E-state index contributed by atoms with van der Waals surface area (Å²) in [6, 6.07) is 18.4. The molecular weight excluding hydrogens is 420 g/mol. The Morgan fingerprint density at radius 3 is 2.52 bits per heavy atom. The zero-order valence-corrected chi connectivity index (χ0v) is 16.6. The summed E-state index contributed by atoms with van der Waals surface area (Å²) in [5.41, 5.74) is 2.50. The van der Waals surface area contributed by atoms with Crippen LogP contribution in [0.1, 0.15) is 20.9 Å². The summed E-state index contributed by atoms with van der Waals surface area (Å²) < 4.78 is 4.89. The maximum absolute atomic E-state index is 12.3. The van der Waals surface area contributed by atoms with E-state index in [1.54, 1.807) is 47.8 Å². The number of rotatable bonds is 6. The molecule has 0 spiro atoms. The van der Waals surface area contributed by atoms with E-state index >= 15 is 0 Å². The van der Waals surface area contributed by atoms with E-state index in [9.17, 15) is 19.7 Å². The molecule has 0 saturated heterocycles. The molecule has 2 amide bonds. The van der Waals surface area contributed by atoms with Crippen LogP contribution in [0.4, 0.5) is 16.7 Å². The van der Waals surface area contributed by atoms with Crippen molar-refractivity contribution in [1.82, 2.24) is 4.98 Å². The summed E-state index contributed by atoms with van der Waals surface area (Å²) in [4.78, 5) is 38.9. The van der Waals surface area contributed by atoms with Crippen molar-refractivity contribution in [3.63, 3.8) is 0 Å². The highest BCUT2D eigenvalue weighted by Gasteiger charge is 2.18. The van der Waals surface area contributed by atoms with Crippen LogP contribution in [-0.2, 0) is 0 Å². The molecule has 0 saturated carbocycles. The molecule has 4 rings (SSSR count). The Balaban J connectivity index is 1.46. The summed E-state index contributed by atoms with van der Waals surface area (Å²) in [5, 5.41) is 18.1. The first kappa shape index (κ1) is 20.0. The van der Waals surface area contributed by atoms with E-state index in [1.165, 1.54) is 17.4 Å². The number of nitrogens with one attached hydrogen (secondary N) is 2. The van der Waals surface area contributed by atoms with Gasteiger partial charge in [-0.2, -0.15) is 0 Å². The standard InChI is InChI=1S/C21H14N4O5S/c26-19(13-5-2-1-3-6-13)22-15-8-4-7-14(11-15)16-12-31-21(23-16)24-20(27)17-9-10-18(30-17)25(28)29/h1-12H,(H,22,26)(H,23,24,27). The molecule has 0 radical (unpaired) electrons. The number of nitrogens with zero attached hydrogens (tertiary/aromatic N) is 2. The van der Waals surface area contributed by atoms with Crippen molar-refractivity contribution < 1.29 is 18.9 Å². The van der Waals surface area contributed by atoms with Crippen molar-refractivity contribution in [1.29, 1.82) is 0 Å². The molecule has 9 nitrogen and oxygen atoms in total. The van der Waals surface area contributed by atoms with E-state index < -0.39 is 16.7 Å². The minimum Gasteiger partial charge on any atom is -0.395 e. The highest BCUT2D eigenvalue weighted by Crippen LogP contribution is 2.27. The Hall–Kier alpha value is -4.31. The molecule has 0 aliphatic rings. The zero-order chi connectivity index (χ0) is 21.8. The molecule has 0 unspecified atom stereocenters. The monoisotopic (exact) mass is 434 g/mol. The van der Waals surface area contributed by atoms with Gasteiger partial charge in [0.05, 0.1) is 11.8 Å². The molecule has 4 aromatic rings. The number of carbonyl (C=O) groups excluding carboxylic acids is 2. The third-order valence-electron chi connectivity index (χ3n) is 4.17. The van der Waals surface area contributed by atoms with Crippen LogP contribution in [0.5, 0.6) is 0 Å². The van der Waals surface area contributed by atoms with Gasteiger partial charge in [-0.15, -0.1) is 11.3 Å². The summed E-state index contributed by atoms with van der Waals surface area (Å²) >= 11 is 1.19. The first-order valence-corrected chi connectivity index (χ1v) is 9.85. The normalized spacial score (nSPS) is 10.5. The average Bonchev–Trinajstić information content (AvgIpc) is 3.45. The highest BCUT2D eigenvalue weighted by molar-refractivity contribution is 7.14. The SMILES string of the molecule is O=C(Nc1cccc(-c2csc(NC(=O)c3ccc([N+](=O)[O-])o3)n2)c1)c1ccccc1. The smallest absolute Gasteiger partial charge is 0.395 e. The van der Waals surface area contributed by atoms with Crippen LogP contribution in [0.15, 0.2) is 76.5 Å². The summed E-state index contributed by atoms with van der Waals surface area (Å²) in [5.74, 6) is -1.57. The van der Waals surface area contributed by atoms with Crippen molar-refractivity contribution in [2.24, 2.45) is 0 Å². The molecule has 0 aliphatic carbocycles. The van der Waals surface area contributed by atoms with Gasteiger partial charge in [-0.05, 0) is 30.3 Å². The number of aromatic nitrogens is 1. The fraction of sp³-hybridized carbons (Fsp3) is 0. The van der Waals surface area contributed by atoms with E-state index in [0.29, 0.717) is 22.1 Å². The van der Waals surface area contributed by atoms with E-state index in [-0.39, 0.29) is 11.7 Å². The molecule has 10 heteroatoms. The molecule has 0 fully saturated rings. The first-order chi connectivity index (χ1) is 15.0. The second-order valence-electron chi connectivity index (χ2n) is 6.29. The average molecular weight is 434 g/mol. The van der Waals surface area contributed by atoms with Gasteiger partial charge >= 0.3 is 5.88 Å². The second kappa shape index (κ2) is 8.59. The highest BCUT2D eigenvalue weighted by atomic mass is 32.1. The van der Waals surface area contributed by atoms with Crippen LogP contribution in [0.2, 0.25) is 0 Å². The number of anilines is 2. The van der Waals surface area contributed by atoms with Crippen LogP contribution in [0.25, 0.3) is 11.3 Å². The first-order valence-electron chi connectivity index (χ1n) is 8.97. The van der Waals surface area contributed by atoms with E-state index in [0.717, 1.165) is 11.6 Å². The lowest BCUT2D eigenvalue weighted by molar-refractivity contribution is -0.402. The zero-order valence-electron chi connectivity index (χ0n) is 15.8. The lowest BCUT2D eigenvalue weighted by Gasteiger charge is -2.06. The second-order valence-corrected chi connectivity index (χ2v) is 7.15. The van der Waals surface area contributed by atoms with Crippen LogP contribution in [-0.4, -0.2) is 21.7 Å². The molecule has 2 aromatic heterocycles. The Morgan fingerprint density at radius 1 is 0.968 bits per heavy atom. The predicted molar refractivity (Wildman–Crippen MR) is 115 cm³/mol. The minimum atomic E-state index is -0.720. The van der Waals surface area contributed by atoms with Crippen molar-refractivity contribution in [3.8, 4) is 11.3 Å². The summed E-state index contributed by atoms with van der Waals surface area (Å²) in [6.45, 7) is 0. The fourth-order valence-electron chi connectivity index (χ4n) is 2.72. The van der Waals surface area contributed by atoms with Gasteiger partial charge in [0.2, 0.25) is 0 Å². The number of hydrogen-bond acceptors (Lipinski definition) is 7. The fourth-order valence-corrected chi connectivity index (χ4v) is 3.43. The molecule has 2 N–H and O–H groups in total. The Labute approximate surface area is 179 Å². The largest absolute Gasteiger partial charge is 0.433 e. The molecule has 2 heterocycles. The van der Waals surface area contributed by atoms with E-state index in [2.05, 4.69) is 15.6 Å². The lowest BCUT2D eigenvalue weighted by atomic mass is 10.1.